The van der Waals surface area contributed by atoms with Gasteiger partial charge in [0, 0.05) is 12.1 Å². The summed E-state index contributed by atoms with van der Waals surface area (Å²) in [6.45, 7) is 2.17. The van der Waals surface area contributed by atoms with Crippen LogP contribution in [0.15, 0.2) is 0 Å². The molecule has 96 valence electrons. The van der Waals surface area contributed by atoms with E-state index in [-0.39, 0.29) is 5.54 Å². The van der Waals surface area contributed by atoms with Crippen LogP contribution in [0.25, 0.3) is 0 Å². The summed E-state index contributed by atoms with van der Waals surface area (Å²) >= 11 is 0. The van der Waals surface area contributed by atoms with E-state index in [2.05, 4.69) is 10.6 Å². The minimum Gasteiger partial charge on any atom is -0.310 e. The minimum absolute atomic E-state index is 0.196. The molecule has 1 saturated heterocycles. The van der Waals surface area contributed by atoms with Crippen LogP contribution < -0.4 is 10.6 Å². The number of nitrogens with one attached hydrogen (secondary N) is 2. The first-order valence-corrected chi connectivity index (χ1v) is 5.54. The highest BCUT2D eigenvalue weighted by Crippen LogP contribution is 2.24. The number of hydrogen-bond donors (Lipinski definition) is 2. The number of halogens is 4. The summed E-state index contributed by atoms with van der Waals surface area (Å²) in [6, 6.07) is 0. The third-order valence-corrected chi connectivity index (χ3v) is 3.15. The van der Waals surface area contributed by atoms with E-state index in [0.717, 1.165) is 25.8 Å². The normalized spacial score (nSPS) is 26.6. The Morgan fingerprint density at radius 1 is 1.44 bits per heavy atom. The Balaban J connectivity index is 2.34. The Kier molecular flexibility index (Phi) is 4.55. The van der Waals surface area contributed by atoms with Crippen molar-refractivity contribution in [3.63, 3.8) is 0 Å². The maximum atomic E-state index is 12.6. The minimum atomic E-state index is -3.94. The summed E-state index contributed by atoms with van der Waals surface area (Å²) in [4.78, 5) is 0. The van der Waals surface area contributed by atoms with Gasteiger partial charge in [-0.25, -0.2) is 8.78 Å². The molecule has 0 saturated carbocycles. The van der Waals surface area contributed by atoms with Crippen molar-refractivity contribution < 1.29 is 17.6 Å². The SMILES string of the molecule is CCC1(CNCC(F)(F)C(F)F)CCCN1. The van der Waals surface area contributed by atoms with Crippen LogP contribution in [-0.4, -0.2) is 37.5 Å². The summed E-state index contributed by atoms with van der Waals surface area (Å²) in [5.41, 5.74) is -0.196. The average Bonchev–Trinajstić information content (AvgIpc) is 2.67. The zero-order chi connectivity index (χ0) is 12.2. The quantitative estimate of drug-likeness (QED) is 0.696. The molecular weight excluding hydrogens is 224 g/mol. The van der Waals surface area contributed by atoms with Gasteiger partial charge in [0.1, 0.15) is 0 Å². The standard InChI is InChI=1S/C10H18F4N2/c1-2-9(4-3-5-16-9)6-15-7-10(13,14)8(11)12/h8,15-16H,2-7H2,1H3. The van der Waals surface area contributed by atoms with E-state index in [1.165, 1.54) is 0 Å². The van der Waals surface area contributed by atoms with E-state index in [1.54, 1.807) is 0 Å². The summed E-state index contributed by atoms with van der Waals surface area (Å²) < 4.78 is 49.0. The van der Waals surface area contributed by atoms with Gasteiger partial charge in [-0.05, 0) is 25.8 Å². The van der Waals surface area contributed by atoms with Crippen LogP contribution in [-0.2, 0) is 0 Å². The van der Waals surface area contributed by atoms with Gasteiger partial charge in [0.25, 0.3) is 0 Å². The Hall–Kier alpha value is -0.360. The van der Waals surface area contributed by atoms with E-state index in [1.807, 2.05) is 6.92 Å². The van der Waals surface area contributed by atoms with Gasteiger partial charge in [0.2, 0.25) is 0 Å². The van der Waals surface area contributed by atoms with Crippen molar-refractivity contribution in [2.75, 3.05) is 19.6 Å². The molecule has 1 rings (SSSR count). The highest BCUT2D eigenvalue weighted by molar-refractivity contribution is 4.94. The van der Waals surface area contributed by atoms with E-state index in [9.17, 15) is 17.6 Å². The molecule has 6 heteroatoms. The van der Waals surface area contributed by atoms with Crippen molar-refractivity contribution in [2.45, 2.75) is 44.1 Å². The molecule has 0 aliphatic carbocycles. The van der Waals surface area contributed by atoms with Crippen LogP contribution in [0, 0.1) is 0 Å². The fourth-order valence-corrected chi connectivity index (χ4v) is 1.99. The molecule has 0 aromatic heterocycles. The largest absolute Gasteiger partial charge is 0.319 e. The third kappa shape index (κ3) is 3.31. The van der Waals surface area contributed by atoms with E-state index >= 15 is 0 Å². The van der Waals surface area contributed by atoms with Crippen molar-refractivity contribution >= 4 is 0 Å². The maximum Gasteiger partial charge on any atom is 0.319 e. The Morgan fingerprint density at radius 2 is 2.12 bits per heavy atom. The summed E-state index contributed by atoms with van der Waals surface area (Å²) in [6.07, 6.45) is -0.897. The van der Waals surface area contributed by atoms with E-state index in [4.69, 9.17) is 0 Å². The van der Waals surface area contributed by atoms with Crippen LogP contribution >= 0.6 is 0 Å². The molecule has 2 N–H and O–H groups in total. The van der Waals surface area contributed by atoms with Gasteiger partial charge in [-0.1, -0.05) is 6.92 Å². The molecular formula is C10H18F4N2. The lowest BCUT2D eigenvalue weighted by Crippen LogP contribution is -2.51. The van der Waals surface area contributed by atoms with Gasteiger partial charge in [-0.15, -0.1) is 0 Å². The summed E-state index contributed by atoms with van der Waals surface area (Å²) in [5, 5.41) is 5.69. The van der Waals surface area contributed by atoms with Crippen LogP contribution in [0.4, 0.5) is 17.6 Å². The molecule has 0 spiro atoms. The summed E-state index contributed by atoms with van der Waals surface area (Å²) in [5.74, 6) is -3.94. The van der Waals surface area contributed by atoms with E-state index < -0.39 is 18.9 Å². The molecule has 0 radical (unpaired) electrons. The van der Waals surface area contributed by atoms with Crippen molar-refractivity contribution in [1.82, 2.24) is 10.6 Å². The monoisotopic (exact) mass is 242 g/mol. The predicted molar refractivity (Wildman–Crippen MR) is 54.1 cm³/mol. The maximum absolute atomic E-state index is 12.6. The highest BCUT2D eigenvalue weighted by atomic mass is 19.3. The third-order valence-electron chi connectivity index (χ3n) is 3.15. The molecule has 1 heterocycles. The van der Waals surface area contributed by atoms with Gasteiger partial charge >= 0.3 is 12.3 Å². The molecule has 0 amide bonds. The van der Waals surface area contributed by atoms with Crippen LogP contribution in [0.3, 0.4) is 0 Å². The first-order chi connectivity index (χ1) is 7.42. The first-order valence-electron chi connectivity index (χ1n) is 5.54. The average molecular weight is 242 g/mol. The molecule has 0 aromatic carbocycles. The lowest BCUT2D eigenvalue weighted by molar-refractivity contribution is -0.125. The number of alkyl halides is 4. The molecule has 0 aromatic rings. The number of rotatable bonds is 6. The zero-order valence-corrected chi connectivity index (χ0v) is 9.33. The molecule has 1 fully saturated rings. The molecule has 1 aliphatic rings. The molecule has 0 bridgehead atoms. The Morgan fingerprint density at radius 3 is 2.56 bits per heavy atom. The second kappa shape index (κ2) is 5.31. The lowest BCUT2D eigenvalue weighted by atomic mass is 9.94. The fraction of sp³-hybridized carbons (Fsp3) is 1.00. The lowest BCUT2D eigenvalue weighted by Gasteiger charge is -2.29. The molecule has 1 atom stereocenters. The highest BCUT2D eigenvalue weighted by Gasteiger charge is 2.41. The Labute approximate surface area is 92.8 Å². The number of hydrogen-bond acceptors (Lipinski definition) is 2. The van der Waals surface area contributed by atoms with Gasteiger partial charge in [0.15, 0.2) is 0 Å². The first kappa shape index (κ1) is 13.7. The smallest absolute Gasteiger partial charge is 0.310 e. The Bertz CT molecular complexity index is 215. The van der Waals surface area contributed by atoms with Gasteiger partial charge in [0.05, 0.1) is 6.54 Å². The van der Waals surface area contributed by atoms with Crippen molar-refractivity contribution in [2.24, 2.45) is 0 Å². The van der Waals surface area contributed by atoms with Gasteiger partial charge in [-0.3, -0.25) is 0 Å². The molecule has 1 unspecified atom stereocenters. The van der Waals surface area contributed by atoms with Crippen molar-refractivity contribution in [3.8, 4) is 0 Å². The molecule has 16 heavy (non-hydrogen) atoms. The van der Waals surface area contributed by atoms with Gasteiger partial charge < -0.3 is 10.6 Å². The van der Waals surface area contributed by atoms with Crippen LogP contribution in [0.5, 0.6) is 0 Å². The molecule has 1 aliphatic heterocycles. The second-order valence-corrected chi connectivity index (χ2v) is 4.33. The zero-order valence-electron chi connectivity index (χ0n) is 9.33. The van der Waals surface area contributed by atoms with Gasteiger partial charge in [-0.2, -0.15) is 8.78 Å². The van der Waals surface area contributed by atoms with E-state index in [0.29, 0.717) is 6.54 Å². The van der Waals surface area contributed by atoms with Crippen LogP contribution in [0.1, 0.15) is 26.2 Å². The van der Waals surface area contributed by atoms with Crippen LogP contribution in [0.2, 0.25) is 0 Å². The topological polar surface area (TPSA) is 24.1 Å². The van der Waals surface area contributed by atoms with Crippen molar-refractivity contribution in [3.05, 3.63) is 0 Å². The van der Waals surface area contributed by atoms with Crippen molar-refractivity contribution in [1.29, 1.82) is 0 Å². The molecule has 2 nitrogen and oxygen atoms in total. The summed E-state index contributed by atoms with van der Waals surface area (Å²) in [7, 11) is 0. The second-order valence-electron chi connectivity index (χ2n) is 4.33. The predicted octanol–water partition coefficient (Wildman–Crippen LogP) is 2.01. The fourth-order valence-electron chi connectivity index (χ4n) is 1.99.